The van der Waals surface area contributed by atoms with Gasteiger partial charge in [-0.2, -0.15) is 0 Å². The molecule has 15 heavy (non-hydrogen) atoms. The highest BCUT2D eigenvalue weighted by atomic mass is 32.2. The van der Waals surface area contributed by atoms with Crippen molar-refractivity contribution in [3.63, 3.8) is 0 Å². The summed E-state index contributed by atoms with van der Waals surface area (Å²) in [4.78, 5) is 11.7. The van der Waals surface area contributed by atoms with E-state index in [-0.39, 0.29) is 18.0 Å². The van der Waals surface area contributed by atoms with Crippen molar-refractivity contribution in [2.75, 3.05) is 12.0 Å². The average Bonchev–Trinajstić information content (AvgIpc) is 2.83. The first-order valence-electron chi connectivity index (χ1n) is 5.23. The molecule has 1 saturated carbocycles. The number of carbonyl (C=O) groups excluding carboxylic acids is 1. The summed E-state index contributed by atoms with van der Waals surface area (Å²) in [6.45, 7) is 1.76. The van der Waals surface area contributed by atoms with Gasteiger partial charge >= 0.3 is 0 Å². The second kappa shape index (κ2) is 4.22. The molecule has 1 aliphatic carbocycles. The van der Waals surface area contributed by atoms with Gasteiger partial charge in [-0.1, -0.05) is 0 Å². The number of rotatable bonds is 6. The Morgan fingerprint density at radius 2 is 2.00 bits per heavy atom. The molecule has 88 valence electrons. The van der Waals surface area contributed by atoms with E-state index in [2.05, 4.69) is 0 Å². The van der Waals surface area contributed by atoms with Crippen molar-refractivity contribution in [2.24, 2.45) is 11.7 Å². The summed E-state index contributed by atoms with van der Waals surface area (Å²) in [5.74, 6) is 0.372. The molecule has 1 rings (SSSR count). The quantitative estimate of drug-likeness (QED) is 0.725. The maximum Gasteiger partial charge on any atom is 0.152 e. The molecule has 2 N–H and O–H groups in total. The third kappa shape index (κ3) is 3.91. The Hall–Kier alpha value is -0.420. The van der Waals surface area contributed by atoms with Crippen molar-refractivity contribution < 1.29 is 13.2 Å². The van der Waals surface area contributed by atoms with Crippen molar-refractivity contribution >= 4 is 15.6 Å². The minimum Gasteiger partial charge on any atom is -0.319 e. The van der Waals surface area contributed by atoms with Gasteiger partial charge in [-0.15, -0.1) is 0 Å². The molecule has 0 saturated heterocycles. The number of sulfone groups is 1. The van der Waals surface area contributed by atoms with Crippen LogP contribution in [0.2, 0.25) is 0 Å². The van der Waals surface area contributed by atoms with E-state index in [1.54, 1.807) is 6.92 Å². The summed E-state index contributed by atoms with van der Waals surface area (Å²) >= 11 is 0. The molecule has 0 aromatic carbocycles. The zero-order valence-corrected chi connectivity index (χ0v) is 10.1. The van der Waals surface area contributed by atoms with Crippen LogP contribution in [-0.2, 0) is 14.6 Å². The van der Waals surface area contributed by atoms with Crippen LogP contribution < -0.4 is 5.73 Å². The molecule has 4 nitrogen and oxygen atoms in total. The highest BCUT2D eigenvalue weighted by Gasteiger charge is 2.43. The van der Waals surface area contributed by atoms with E-state index in [4.69, 9.17) is 5.73 Å². The third-order valence-electron chi connectivity index (χ3n) is 2.95. The van der Waals surface area contributed by atoms with Gasteiger partial charge in [-0.05, 0) is 32.1 Å². The predicted octanol–water partition coefficient (Wildman–Crippen LogP) is 0.508. The summed E-state index contributed by atoms with van der Waals surface area (Å²) in [6.07, 6.45) is 3.88. The average molecular weight is 233 g/mol. The topological polar surface area (TPSA) is 77.2 Å². The summed E-state index contributed by atoms with van der Waals surface area (Å²) in [7, 11) is -2.96. The lowest BCUT2D eigenvalue weighted by Gasteiger charge is -2.22. The van der Waals surface area contributed by atoms with Gasteiger partial charge in [0.1, 0.15) is 9.84 Å². The zero-order valence-electron chi connectivity index (χ0n) is 9.32. The van der Waals surface area contributed by atoms with Crippen LogP contribution in [0.5, 0.6) is 0 Å². The lowest BCUT2D eigenvalue weighted by molar-refractivity contribution is -0.124. The molecule has 5 heteroatoms. The van der Waals surface area contributed by atoms with Crippen LogP contribution >= 0.6 is 0 Å². The smallest absolute Gasteiger partial charge is 0.152 e. The predicted molar refractivity (Wildman–Crippen MR) is 59.3 cm³/mol. The van der Waals surface area contributed by atoms with Gasteiger partial charge < -0.3 is 5.73 Å². The Kier molecular flexibility index (Phi) is 3.55. The standard InChI is InChI=1S/C10H19NO3S/c1-10(11,8-5-6-8)9(12)4-3-7-15(2,13)14/h8H,3-7,11H2,1-2H3. The van der Waals surface area contributed by atoms with Crippen LogP contribution in [0.25, 0.3) is 0 Å². The molecule has 0 bridgehead atoms. The molecule has 1 fully saturated rings. The van der Waals surface area contributed by atoms with Crippen molar-refractivity contribution in [1.82, 2.24) is 0 Å². The van der Waals surface area contributed by atoms with E-state index in [0.29, 0.717) is 12.3 Å². The van der Waals surface area contributed by atoms with Crippen molar-refractivity contribution in [2.45, 2.75) is 38.1 Å². The molecule has 0 radical (unpaired) electrons. The Bertz CT molecular complexity index is 342. The summed E-state index contributed by atoms with van der Waals surface area (Å²) in [6, 6.07) is 0. The number of ketones is 1. The summed E-state index contributed by atoms with van der Waals surface area (Å²) in [5, 5.41) is 0. The van der Waals surface area contributed by atoms with Gasteiger partial charge in [0.05, 0.1) is 11.3 Å². The normalized spacial score (nSPS) is 21.0. The largest absolute Gasteiger partial charge is 0.319 e. The zero-order chi connectivity index (χ0) is 11.7. The molecule has 1 unspecified atom stereocenters. The number of hydrogen-bond acceptors (Lipinski definition) is 4. The maximum atomic E-state index is 11.7. The van der Waals surface area contributed by atoms with Crippen LogP contribution in [0.4, 0.5) is 0 Å². The van der Waals surface area contributed by atoms with Crippen molar-refractivity contribution in [3.05, 3.63) is 0 Å². The Labute approximate surface area is 91.1 Å². The molecule has 0 aliphatic heterocycles. The van der Waals surface area contributed by atoms with E-state index in [9.17, 15) is 13.2 Å². The van der Waals surface area contributed by atoms with E-state index in [1.165, 1.54) is 6.26 Å². The van der Waals surface area contributed by atoms with Gasteiger partial charge in [0.25, 0.3) is 0 Å². The summed E-state index contributed by atoms with van der Waals surface area (Å²) < 4.78 is 21.7. The SMILES string of the molecule is CC(N)(C(=O)CCCS(C)(=O)=O)C1CC1. The first-order chi connectivity index (χ1) is 6.73. The van der Waals surface area contributed by atoms with Crippen LogP contribution in [0.1, 0.15) is 32.6 Å². The molecule has 1 aliphatic rings. The van der Waals surface area contributed by atoms with Crippen LogP contribution in [0, 0.1) is 5.92 Å². The van der Waals surface area contributed by atoms with E-state index >= 15 is 0 Å². The number of carbonyl (C=O) groups is 1. The third-order valence-corrected chi connectivity index (χ3v) is 3.98. The molecule has 0 heterocycles. The number of nitrogens with two attached hydrogens (primary N) is 1. The maximum absolute atomic E-state index is 11.7. The minimum absolute atomic E-state index is 0.00588. The fourth-order valence-corrected chi connectivity index (χ4v) is 2.34. The van der Waals surface area contributed by atoms with Gasteiger partial charge in [0, 0.05) is 12.7 Å². The molecular formula is C10H19NO3S. The fourth-order valence-electron chi connectivity index (χ4n) is 1.67. The highest BCUT2D eigenvalue weighted by molar-refractivity contribution is 7.90. The molecule has 0 spiro atoms. The first kappa shape index (κ1) is 12.6. The minimum atomic E-state index is -2.96. The molecular weight excluding hydrogens is 214 g/mol. The van der Waals surface area contributed by atoms with Crippen LogP contribution in [0.3, 0.4) is 0 Å². The van der Waals surface area contributed by atoms with Gasteiger partial charge in [0.15, 0.2) is 5.78 Å². The van der Waals surface area contributed by atoms with Crippen LogP contribution in [0.15, 0.2) is 0 Å². The number of hydrogen-bond donors (Lipinski definition) is 1. The molecule has 0 aromatic heterocycles. The fraction of sp³-hybridized carbons (Fsp3) is 0.900. The molecule has 0 amide bonds. The lowest BCUT2D eigenvalue weighted by atomic mass is 9.89. The van der Waals surface area contributed by atoms with Crippen molar-refractivity contribution in [3.8, 4) is 0 Å². The Morgan fingerprint density at radius 1 is 1.47 bits per heavy atom. The first-order valence-corrected chi connectivity index (χ1v) is 7.29. The lowest BCUT2D eigenvalue weighted by Crippen LogP contribution is -2.47. The number of Topliss-reactive ketones (excluding diaryl/α,β-unsaturated/α-hetero) is 1. The van der Waals surface area contributed by atoms with Gasteiger partial charge in [0.2, 0.25) is 0 Å². The highest BCUT2D eigenvalue weighted by Crippen LogP contribution is 2.39. The van der Waals surface area contributed by atoms with Crippen LogP contribution in [-0.4, -0.2) is 31.7 Å². The van der Waals surface area contributed by atoms with E-state index in [0.717, 1.165) is 12.8 Å². The van der Waals surface area contributed by atoms with Gasteiger partial charge in [-0.3, -0.25) is 4.79 Å². The monoisotopic (exact) mass is 233 g/mol. The van der Waals surface area contributed by atoms with E-state index < -0.39 is 15.4 Å². The van der Waals surface area contributed by atoms with Crippen molar-refractivity contribution in [1.29, 1.82) is 0 Å². The second-order valence-electron chi connectivity index (χ2n) is 4.71. The summed E-state index contributed by atoms with van der Waals surface area (Å²) in [5.41, 5.74) is 5.18. The molecule has 1 atom stereocenters. The van der Waals surface area contributed by atoms with Gasteiger partial charge in [-0.25, -0.2) is 8.42 Å². The second-order valence-corrected chi connectivity index (χ2v) is 6.97. The Morgan fingerprint density at radius 3 is 2.40 bits per heavy atom. The Balaban J connectivity index is 2.36. The molecule has 0 aromatic rings. The van der Waals surface area contributed by atoms with E-state index in [1.807, 2.05) is 0 Å².